The summed E-state index contributed by atoms with van der Waals surface area (Å²) in [6.07, 6.45) is 4.04. The van der Waals surface area contributed by atoms with Gasteiger partial charge in [0.25, 0.3) is 0 Å². The molecule has 0 aromatic carbocycles. The summed E-state index contributed by atoms with van der Waals surface area (Å²) in [5, 5.41) is 4.09. The number of carbonyl (C=O) groups excluding carboxylic acids is 1. The molecule has 15 heavy (non-hydrogen) atoms. The van der Waals surface area contributed by atoms with Crippen molar-refractivity contribution in [3.63, 3.8) is 0 Å². The first-order chi connectivity index (χ1) is 6.87. The van der Waals surface area contributed by atoms with Crippen LogP contribution in [0.5, 0.6) is 0 Å². The molecule has 84 valence electrons. The highest BCUT2D eigenvalue weighted by molar-refractivity contribution is 5.69. The molecule has 1 heterocycles. The first-order valence-electron chi connectivity index (χ1n) is 5.08. The molecule has 0 fully saturated rings. The third-order valence-corrected chi connectivity index (χ3v) is 1.73. The molecule has 1 aromatic heterocycles. The normalized spacial score (nSPS) is 11.5. The maximum absolute atomic E-state index is 11.4. The van der Waals surface area contributed by atoms with E-state index < -0.39 is 5.60 Å². The number of aryl methyl sites for hydroxylation is 2. The van der Waals surface area contributed by atoms with Gasteiger partial charge in [-0.25, -0.2) is 0 Å². The van der Waals surface area contributed by atoms with Crippen LogP contribution in [0.2, 0.25) is 0 Å². The predicted molar refractivity (Wildman–Crippen MR) is 57.4 cm³/mol. The summed E-state index contributed by atoms with van der Waals surface area (Å²) in [6.45, 7) is 8.13. The molecule has 1 rings (SSSR count). The van der Waals surface area contributed by atoms with Crippen LogP contribution in [-0.4, -0.2) is 21.4 Å². The number of aromatic nitrogens is 2. The maximum atomic E-state index is 11.4. The Morgan fingerprint density at radius 1 is 1.53 bits per heavy atom. The second kappa shape index (κ2) is 4.47. The molecule has 0 atom stereocenters. The molecule has 0 aliphatic heterocycles. The summed E-state index contributed by atoms with van der Waals surface area (Å²) in [7, 11) is 0. The Morgan fingerprint density at radius 3 is 2.67 bits per heavy atom. The van der Waals surface area contributed by atoms with Crippen LogP contribution in [0.1, 0.15) is 32.8 Å². The zero-order chi connectivity index (χ0) is 11.5. The Kier molecular flexibility index (Phi) is 3.50. The van der Waals surface area contributed by atoms with Gasteiger partial charge in [-0.3, -0.25) is 9.48 Å². The number of ether oxygens (including phenoxy) is 1. The molecule has 4 nitrogen and oxygen atoms in total. The van der Waals surface area contributed by atoms with Crippen molar-refractivity contribution >= 4 is 5.97 Å². The fourth-order valence-electron chi connectivity index (χ4n) is 1.19. The first-order valence-corrected chi connectivity index (χ1v) is 5.08. The minimum absolute atomic E-state index is 0.185. The van der Waals surface area contributed by atoms with Gasteiger partial charge in [-0.2, -0.15) is 5.10 Å². The van der Waals surface area contributed by atoms with E-state index in [1.165, 1.54) is 0 Å². The standard InChI is InChI=1S/C11H18N2O2/c1-9-7-12-13(8-9)6-5-10(14)15-11(2,3)4/h7-8H,5-6H2,1-4H3. The van der Waals surface area contributed by atoms with Crippen molar-refractivity contribution in [2.75, 3.05) is 0 Å². The second-order valence-electron chi connectivity index (χ2n) is 4.62. The summed E-state index contributed by atoms with van der Waals surface area (Å²) >= 11 is 0. The van der Waals surface area contributed by atoms with Crippen molar-refractivity contribution in [2.45, 2.75) is 46.3 Å². The third-order valence-electron chi connectivity index (χ3n) is 1.73. The number of carbonyl (C=O) groups is 1. The number of nitrogens with zero attached hydrogens (tertiary/aromatic N) is 2. The molecule has 0 aliphatic rings. The average Bonchev–Trinajstić information content (AvgIpc) is 2.45. The summed E-state index contributed by atoms with van der Waals surface area (Å²) in [4.78, 5) is 11.4. The highest BCUT2D eigenvalue weighted by Gasteiger charge is 2.15. The average molecular weight is 210 g/mol. The molecule has 4 heteroatoms. The molecule has 0 saturated heterocycles. The van der Waals surface area contributed by atoms with Gasteiger partial charge in [0, 0.05) is 6.20 Å². The predicted octanol–water partition coefficient (Wildman–Crippen LogP) is 1.92. The third kappa shape index (κ3) is 4.63. The van der Waals surface area contributed by atoms with E-state index in [0.29, 0.717) is 13.0 Å². The van der Waals surface area contributed by atoms with Crippen molar-refractivity contribution in [2.24, 2.45) is 0 Å². The topological polar surface area (TPSA) is 44.1 Å². The minimum Gasteiger partial charge on any atom is -0.460 e. The Bertz CT molecular complexity index is 337. The summed E-state index contributed by atoms with van der Waals surface area (Å²) in [6, 6.07) is 0. The van der Waals surface area contributed by atoms with E-state index in [4.69, 9.17) is 4.74 Å². The molecule has 1 aromatic rings. The fraction of sp³-hybridized carbons (Fsp3) is 0.636. The number of hydrogen-bond acceptors (Lipinski definition) is 3. The monoisotopic (exact) mass is 210 g/mol. The zero-order valence-corrected chi connectivity index (χ0v) is 9.78. The molecule has 0 bridgehead atoms. The fourth-order valence-corrected chi connectivity index (χ4v) is 1.19. The van der Waals surface area contributed by atoms with Crippen LogP contribution in [0, 0.1) is 6.92 Å². The van der Waals surface area contributed by atoms with E-state index in [9.17, 15) is 4.79 Å². The van der Waals surface area contributed by atoms with Gasteiger partial charge < -0.3 is 4.74 Å². The largest absolute Gasteiger partial charge is 0.460 e. The molecular weight excluding hydrogens is 192 g/mol. The second-order valence-corrected chi connectivity index (χ2v) is 4.62. The van der Waals surface area contributed by atoms with Crippen LogP contribution in [0.25, 0.3) is 0 Å². The summed E-state index contributed by atoms with van der Waals surface area (Å²) in [5.74, 6) is -0.185. The van der Waals surface area contributed by atoms with Gasteiger partial charge in [0.05, 0.1) is 19.2 Å². The van der Waals surface area contributed by atoms with Crippen LogP contribution < -0.4 is 0 Å². The van der Waals surface area contributed by atoms with Crippen LogP contribution >= 0.6 is 0 Å². The van der Waals surface area contributed by atoms with Crippen LogP contribution in [0.3, 0.4) is 0 Å². The highest BCUT2D eigenvalue weighted by atomic mass is 16.6. The van der Waals surface area contributed by atoms with Crippen molar-refractivity contribution in [3.8, 4) is 0 Å². The van der Waals surface area contributed by atoms with Crippen LogP contribution in [-0.2, 0) is 16.1 Å². The van der Waals surface area contributed by atoms with Gasteiger partial charge >= 0.3 is 5.97 Å². The van der Waals surface area contributed by atoms with Gasteiger partial charge in [-0.05, 0) is 33.3 Å². The van der Waals surface area contributed by atoms with E-state index in [2.05, 4.69) is 5.10 Å². The molecular formula is C11H18N2O2. The smallest absolute Gasteiger partial charge is 0.308 e. The summed E-state index contributed by atoms with van der Waals surface area (Å²) < 4.78 is 6.94. The SMILES string of the molecule is Cc1cnn(CCC(=O)OC(C)(C)C)c1. The Balaban J connectivity index is 2.35. The number of esters is 1. The van der Waals surface area contributed by atoms with E-state index in [-0.39, 0.29) is 5.97 Å². The van der Waals surface area contributed by atoms with E-state index in [1.807, 2.05) is 33.9 Å². The van der Waals surface area contributed by atoms with Gasteiger partial charge in [0.15, 0.2) is 0 Å². The lowest BCUT2D eigenvalue weighted by Crippen LogP contribution is -2.24. The van der Waals surface area contributed by atoms with Gasteiger partial charge in [-0.15, -0.1) is 0 Å². The molecule has 0 radical (unpaired) electrons. The van der Waals surface area contributed by atoms with Crippen molar-refractivity contribution < 1.29 is 9.53 Å². The lowest BCUT2D eigenvalue weighted by Gasteiger charge is -2.19. The molecule has 0 spiro atoms. The van der Waals surface area contributed by atoms with E-state index in [0.717, 1.165) is 5.56 Å². The maximum Gasteiger partial charge on any atom is 0.308 e. The van der Waals surface area contributed by atoms with Crippen LogP contribution in [0.4, 0.5) is 0 Å². The van der Waals surface area contributed by atoms with Gasteiger partial charge in [-0.1, -0.05) is 0 Å². The first kappa shape index (κ1) is 11.8. The molecule has 0 saturated carbocycles. The number of hydrogen-bond donors (Lipinski definition) is 0. The van der Waals surface area contributed by atoms with E-state index >= 15 is 0 Å². The Morgan fingerprint density at radius 2 is 2.20 bits per heavy atom. The molecule has 0 amide bonds. The highest BCUT2D eigenvalue weighted by Crippen LogP contribution is 2.08. The van der Waals surface area contributed by atoms with Gasteiger partial charge in [0.2, 0.25) is 0 Å². The van der Waals surface area contributed by atoms with Crippen molar-refractivity contribution in [1.82, 2.24) is 9.78 Å². The Hall–Kier alpha value is -1.32. The lowest BCUT2D eigenvalue weighted by atomic mass is 10.2. The lowest BCUT2D eigenvalue weighted by molar-refractivity contribution is -0.155. The van der Waals surface area contributed by atoms with E-state index in [1.54, 1.807) is 10.9 Å². The molecule has 0 N–H and O–H groups in total. The molecule has 0 unspecified atom stereocenters. The number of rotatable bonds is 3. The van der Waals surface area contributed by atoms with Crippen molar-refractivity contribution in [1.29, 1.82) is 0 Å². The molecule has 0 aliphatic carbocycles. The minimum atomic E-state index is -0.406. The van der Waals surface area contributed by atoms with Gasteiger partial charge in [0.1, 0.15) is 5.60 Å². The Labute approximate surface area is 90.2 Å². The zero-order valence-electron chi connectivity index (χ0n) is 9.78. The van der Waals surface area contributed by atoms with Crippen molar-refractivity contribution in [3.05, 3.63) is 18.0 Å². The summed E-state index contributed by atoms with van der Waals surface area (Å²) in [5.41, 5.74) is 0.691. The quantitative estimate of drug-likeness (QED) is 0.716. The van der Waals surface area contributed by atoms with Crippen LogP contribution in [0.15, 0.2) is 12.4 Å².